The number of carbonyl (C=O) groups excluding carboxylic acids is 5. The number of benzene rings is 2. The van der Waals surface area contributed by atoms with Crippen molar-refractivity contribution in [3.63, 3.8) is 0 Å². The molecule has 0 radical (unpaired) electrons. The number of carbonyl (C=O) groups is 5. The molecule has 0 spiro atoms. The van der Waals surface area contributed by atoms with Crippen LogP contribution < -0.4 is 26.0 Å². The summed E-state index contributed by atoms with van der Waals surface area (Å²) in [5, 5.41) is 12.2. The molecular weight excluding hydrogens is 666 g/mol. The molecule has 14 nitrogen and oxygen atoms in total. The molecule has 14 heteroatoms. The van der Waals surface area contributed by atoms with E-state index >= 15 is 0 Å². The Morgan fingerprint density at radius 1 is 1.00 bits per heavy atom. The second-order valence-corrected chi connectivity index (χ2v) is 12.9. The minimum atomic E-state index is -1.15. The van der Waals surface area contributed by atoms with E-state index < -0.39 is 48.3 Å². The standard InChI is InChI=1S/C38H45N7O7/c1-24(2)34-37(49)40-16-18-52-28-10-8-25(9-11-28)20-31(42-35(47)26-12-14-39-15-13-26)36(48)43-32(21-27-22-41-30-7-5-4-6-29(27)30)38(50)45(17-19-51-3)23-33(46)44-34/h4-15,22,24,31-32,34,41H,16-21,23H2,1-3H3,(H,40,49)(H,42,47)(H,43,48)(H,44,46)/t31-,32-,34-/m0/s1. The minimum absolute atomic E-state index is 0.0352. The first-order valence-electron chi connectivity index (χ1n) is 17.3. The highest BCUT2D eigenvalue weighted by molar-refractivity contribution is 5.99. The molecule has 274 valence electrons. The summed E-state index contributed by atoms with van der Waals surface area (Å²) >= 11 is 0. The van der Waals surface area contributed by atoms with E-state index in [9.17, 15) is 24.0 Å². The summed E-state index contributed by atoms with van der Waals surface area (Å²) in [6.07, 6.45) is 4.92. The highest BCUT2D eigenvalue weighted by atomic mass is 16.5. The van der Waals surface area contributed by atoms with Gasteiger partial charge in [-0.2, -0.15) is 0 Å². The van der Waals surface area contributed by atoms with Gasteiger partial charge in [0.2, 0.25) is 23.6 Å². The predicted molar refractivity (Wildman–Crippen MR) is 193 cm³/mol. The molecule has 4 heterocycles. The Morgan fingerprint density at radius 2 is 1.75 bits per heavy atom. The van der Waals surface area contributed by atoms with E-state index in [1.807, 2.05) is 38.1 Å². The van der Waals surface area contributed by atoms with E-state index in [0.29, 0.717) is 11.3 Å². The van der Waals surface area contributed by atoms with Gasteiger partial charge in [0.05, 0.1) is 19.7 Å². The van der Waals surface area contributed by atoms with Crippen molar-refractivity contribution in [3.8, 4) is 5.75 Å². The number of H-pyrrole nitrogens is 1. The summed E-state index contributed by atoms with van der Waals surface area (Å²) in [5.41, 5.74) is 2.66. The molecule has 6 rings (SSSR count). The first kappa shape index (κ1) is 37.5. The summed E-state index contributed by atoms with van der Waals surface area (Å²) in [6, 6.07) is 14.6. The van der Waals surface area contributed by atoms with Crippen molar-refractivity contribution >= 4 is 40.4 Å². The number of methoxy groups -OCH3 is 1. The van der Waals surface area contributed by atoms with Crippen LogP contribution in [0, 0.1) is 5.92 Å². The molecule has 52 heavy (non-hydrogen) atoms. The Labute approximate surface area is 302 Å². The van der Waals surface area contributed by atoms with Gasteiger partial charge in [-0.25, -0.2) is 0 Å². The van der Waals surface area contributed by atoms with Gasteiger partial charge in [0.15, 0.2) is 0 Å². The van der Waals surface area contributed by atoms with E-state index in [-0.39, 0.29) is 51.0 Å². The summed E-state index contributed by atoms with van der Waals surface area (Å²) in [4.78, 5) is 77.2. The Hall–Kier alpha value is -5.76. The number of hydrogen-bond donors (Lipinski definition) is 5. The van der Waals surface area contributed by atoms with Crippen molar-refractivity contribution in [1.82, 2.24) is 36.1 Å². The average Bonchev–Trinajstić information content (AvgIpc) is 3.56. The number of fused-ring (bicyclic) bond motifs is 18. The second-order valence-electron chi connectivity index (χ2n) is 12.9. The first-order chi connectivity index (χ1) is 25.1. The third-order valence-corrected chi connectivity index (χ3v) is 8.79. The van der Waals surface area contributed by atoms with E-state index in [1.165, 1.54) is 24.4 Å². The van der Waals surface area contributed by atoms with Gasteiger partial charge in [-0.1, -0.05) is 44.2 Å². The Bertz CT molecular complexity index is 1850. The predicted octanol–water partition coefficient (Wildman–Crippen LogP) is 1.76. The maximum absolute atomic E-state index is 14.5. The number of pyridine rings is 1. The fourth-order valence-electron chi connectivity index (χ4n) is 5.97. The third-order valence-electron chi connectivity index (χ3n) is 8.79. The highest BCUT2D eigenvalue weighted by Gasteiger charge is 2.33. The lowest BCUT2D eigenvalue weighted by Gasteiger charge is -2.30. The lowest BCUT2D eigenvalue weighted by molar-refractivity contribution is -0.141. The molecule has 0 fully saturated rings. The van der Waals surface area contributed by atoms with Crippen molar-refractivity contribution in [2.24, 2.45) is 5.92 Å². The number of hydrogen-bond acceptors (Lipinski definition) is 8. The average molecular weight is 712 g/mol. The monoisotopic (exact) mass is 711 g/mol. The lowest BCUT2D eigenvalue weighted by Crippen LogP contribution is -2.58. The van der Waals surface area contributed by atoms with Crippen molar-refractivity contribution < 1.29 is 33.4 Å². The SMILES string of the molecule is COCCN1CC(=O)N[C@@H](C(C)C)C(=O)NCCOc2ccc(cc2)C[C@H](NC(=O)c2ccncc2)C(=O)N[C@@H](Cc2c[nH]c3ccccc23)C1=O. The molecule has 0 saturated heterocycles. The van der Waals surface area contributed by atoms with Crippen LogP contribution in [0.4, 0.5) is 0 Å². The van der Waals surface area contributed by atoms with Crippen LogP contribution in [-0.4, -0.2) is 102 Å². The number of amides is 5. The lowest BCUT2D eigenvalue weighted by atomic mass is 10.0. The van der Waals surface area contributed by atoms with E-state index in [1.54, 1.807) is 42.6 Å². The fourth-order valence-corrected chi connectivity index (χ4v) is 5.97. The molecule has 4 aromatic rings. The maximum Gasteiger partial charge on any atom is 0.252 e. The molecule has 2 bridgehead atoms. The minimum Gasteiger partial charge on any atom is -0.492 e. The van der Waals surface area contributed by atoms with Crippen LogP contribution >= 0.6 is 0 Å². The van der Waals surface area contributed by atoms with Crippen LogP contribution in [0.25, 0.3) is 10.9 Å². The van der Waals surface area contributed by atoms with Crippen LogP contribution in [0.1, 0.15) is 35.3 Å². The summed E-state index contributed by atoms with van der Waals surface area (Å²) in [6.45, 7) is 3.74. The van der Waals surface area contributed by atoms with Crippen molar-refractivity contribution in [1.29, 1.82) is 0 Å². The molecule has 2 aromatic heterocycles. The molecule has 3 atom stereocenters. The van der Waals surface area contributed by atoms with Gasteiger partial charge in [-0.05, 0) is 47.4 Å². The zero-order chi connectivity index (χ0) is 37.0. The van der Waals surface area contributed by atoms with E-state index in [4.69, 9.17) is 9.47 Å². The second kappa shape index (κ2) is 17.9. The normalized spacial score (nSPS) is 19.5. The Morgan fingerprint density at radius 3 is 2.48 bits per heavy atom. The molecule has 2 aliphatic heterocycles. The molecule has 2 aliphatic rings. The van der Waals surface area contributed by atoms with Crippen LogP contribution in [0.5, 0.6) is 5.75 Å². The number of nitrogens with one attached hydrogen (secondary N) is 5. The summed E-state index contributed by atoms with van der Waals surface area (Å²) < 4.78 is 11.1. The number of nitrogens with zero attached hydrogens (tertiary/aromatic N) is 2. The molecule has 0 saturated carbocycles. The quantitative estimate of drug-likeness (QED) is 0.171. The van der Waals surface area contributed by atoms with Gasteiger partial charge in [0.25, 0.3) is 5.91 Å². The highest BCUT2D eigenvalue weighted by Crippen LogP contribution is 2.20. The number of ether oxygens (including phenoxy) is 2. The molecule has 2 aromatic carbocycles. The molecule has 0 unspecified atom stereocenters. The van der Waals surface area contributed by atoms with Crippen LogP contribution in [0.15, 0.2) is 79.3 Å². The van der Waals surface area contributed by atoms with Crippen LogP contribution in [0.3, 0.4) is 0 Å². The molecule has 5 N–H and O–H groups in total. The van der Waals surface area contributed by atoms with Gasteiger partial charge >= 0.3 is 0 Å². The van der Waals surface area contributed by atoms with Crippen molar-refractivity contribution in [3.05, 3.63) is 95.9 Å². The third kappa shape index (κ3) is 9.94. The first-order valence-corrected chi connectivity index (χ1v) is 17.3. The summed E-state index contributed by atoms with van der Waals surface area (Å²) in [5.74, 6) is -2.26. The van der Waals surface area contributed by atoms with Crippen LogP contribution in [0.2, 0.25) is 0 Å². The van der Waals surface area contributed by atoms with Crippen molar-refractivity contribution in [2.75, 3.05) is 40.0 Å². The Balaban J connectivity index is 1.52. The van der Waals surface area contributed by atoms with Gasteiger partial charge in [-0.3, -0.25) is 29.0 Å². The number of para-hydroxylation sites is 1. The van der Waals surface area contributed by atoms with Crippen LogP contribution in [-0.2, 0) is 36.8 Å². The van der Waals surface area contributed by atoms with Gasteiger partial charge in [0.1, 0.15) is 30.5 Å². The number of aromatic amines is 1. The number of rotatable bonds is 8. The fraction of sp³-hybridized carbons (Fsp3) is 0.368. The summed E-state index contributed by atoms with van der Waals surface area (Å²) in [7, 11) is 1.48. The zero-order valence-electron chi connectivity index (χ0n) is 29.5. The van der Waals surface area contributed by atoms with Gasteiger partial charge < -0.3 is 40.6 Å². The largest absolute Gasteiger partial charge is 0.492 e. The van der Waals surface area contributed by atoms with E-state index in [2.05, 4.69) is 31.2 Å². The topological polar surface area (TPSA) is 184 Å². The van der Waals surface area contributed by atoms with Gasteiger partial charge in [-0.15, -0.1) is 0 Å². The zero-order valence-corrected chi connectivity index (χ0v) is 29.5. The van der Waals surface area contributed by atoms with Crippen molar-refractivity contribution in [2.45, 2.75) is 44.8 Å². The molecular formula is C38H45N7O7. The van der Waals surface area contributed by atoms with E-state index in [0.717, 1.165) is 22.0 Å². The molecule has 0 aliphatic carbocycles. The number of aromatic nitrogens is 2. The smallest absolute Gasteiger partial charge is 0.252 e. The molecule has 5 amide bonds. The Kier molecular flexibility index (Phi) is 12.9. The van der Waals surface area contributed by atoms with Gasteiger partial charge in [0, 0.05) is 61.6 Å². The maximum atomic E-state index is 14.5.